The fraction of sp³-hybridized carbons (Fsp3) is 0.0870. The van der Waals surface area contributed by atoms with E-state index in [1.807, 2.05) is 42.5 Å². The lowest BCUT2D eigenvalue weighted by molar-refractivity contribution is 0.629. The van der Waals surface area contributed by atoms with E-state index >= 15 is 0 Å². The van der Waals surface area contributed by atoms with E-state index in [4.69, 9.17) is 10.8 Å². The van der Waals surface area contributed by atoms with Gasteiger partial charge in [-0.2, -0.15) is 0 Å². The normalized spacial score (nSPS) is 11.3. The molecule has 0 aliphatic carbocycles. The first-order chi connectivity index (χ1) is 15.1. The third-order valence-electron chi connectivity index (χ3n) is 5.03. The van der Waals surface area contributed by atoms with Gasteiger partial charge in [0.15, 0.2) is 5.82 Å². The molecule has 0 aliphatic heterocycles. The fourth-order valence-corrected chi connectivity index (χ4v) is 4.37. The molecule has 0 amide bonds. The molecule has 2 aromatic carbocycles. The van der Waals surface area contributed by atoms with Crippen molar-refractivity contribution in [3.63, 3.8) is 0 Å². The van der Waals surface area contributed by atoms with Crippen LogP contribution in [0.3, 0.4) is 0 Å². The lowest BCUT2D eigenvalue weighted by Crippen LogP contribution is -2.12. The number of nitrogen functional groups attached to an aromatic ring is 1. The maximum atomic E-state index is 14.2. The summed E-state index contributed by atoms with van der Waals surface area (Å²) < 4.78 is 17.6. The predicted octanol–water partition coefficient (Wildman–Crippen LogP) is 4.71. The standard InChI is InChI=1S/C23H19FN6S/c1-15-11-12-20-26-21(16-7-3-2-4-8-16)19(29(20)13-15)14-31-23-28-27-22(30(23)25)17-9-5-6-10-18(17)24/h2-13H,14,25H2,1H3. The van der Waals surface area contributed by atoms with Crippen LogP contribution >= 0.6 is 11.8 Å². The average molecular weight is 431 g/mol. The van der Waals surface area contributed by atoms with Crippen LogP contribution in [0.2, 0.25) is 0 Å². The molecule has 0 bridgehead atoms. The largest absolute Gasteiger partial charge is 0.335 e. The summed E-state index contributed by atoms with van der Waals surface area (Å²) >= 11 is 1.44. The minimum Gasteiger partial charge on any atom is -0.335 e. The van der Waals surface area contributed by atoms with Crippen molar-refractivity contribution in [2.45, 2.75) is 17.8 Å². The third kappa shape index (κ3) is 3.55. The Morgan fingerprint density at radius 3 is 2.55 bits per heavy atom. The van der Waals surface area contributed by atoms with Crippen LogP contribution in [-0.2, 0) is 5.75 Å². The van der Waals surface area contributed by atoms with Gasteiger partial charge in [-0.3, -0.25) is 0 Å². The maximum absolute atomic E-state index is 14.2. The van der Waals surface area contributed by atoms with Crippen molar-refractivity contribution >= 4 is 17.4 Å². The number of fused-ring (bicyclic) bond motifs is 1. The summed E-state index contributed by atoms with van der Waals surface area (Å²) in [7, 11) is 0. The Kier molecular flexibility index (Phi) is 4.91. The summed E-state index contributed by atoms with van der Waals surface area (Å²) in [6.07, 6.45) is 2.07. The molecule has 31 heavy (non-hydrogen) atoms. The van der Waals surface area contributed by atoms with E-state index in [0.717, 1.165) is 28.2 Å². The molecule has 6 nitrogen and oxygen atoms in total. The number of thioether (sulfide) groups is 1. The second-order valence-electron chi connectivity index (χ2n) is 7.15. The lowest BCUT2D eigenvalue weighted by atomic mass is 10.1. The van der Waals surface area contributed by atoms with E-state index in [0.29, 0.717) is 16.5 Å². The Hall–Kier alpha value is -3.65. The Bertz CT molecular complexity index is 1380. The van der Waals surface area contributed by atoms with Crippen molar-refractivity contribution in [3.05, 3.63) is 90.0 Å². The van der Waals surface area contributed by atoms with Crippen LogP contribution in [0.15, 0.2) is 78.1 Å². The van der Waals surface area contributed by atoms with Gasteiger partial charge in [-0.1, -0.05) is 60.3 Å². The van der Waals surface area contributed by atoms with Gasteiger partial charge in [0, 0.05) is 17.5 Å². The Morgan fingerprint density at radius 1 is 0.968 bits per heavy atom. The van der Waals surface area contributed by atoms with Gasteiger partial charge in [-0.15, -0.1) is 10.2 Å². The van der Waals surface area contributed by atoms with Crippen molar-refractivity contribution < 1.29 is 4.39 Å². The molecule has 5 aromatic rings. The lowest BCUT2D eigenvalue weighted by Gasteiger charge is -2.07. The zero-order valence-electron chi connectivity index (χ0n) is 16.7. The number of rotatable bonds is 5. The molecule has 2 N–H and O–H groups in total. The molecule has 0 saturated heterocycles. The summed E-state index contributed by atoms with van der Waals surface area (Å²) in [4.78, 5) is 4.85. The van der Waals surface area contributed by atoms with Crippen LogP contribution in [0.5, 0.6) is 0 Å². The Morgan fingerprint density at radius 2 is 1.74 bits per heavy atom. The van der Waals surface area contributed by atoms with E-state index in [9.17, 15) is 4.39 Å². The van der Waals surface area contributed by atoms with Gasteiger partial charge < -0.3 is 10.2 Å². The highest BCUT2D eigenvalue weighted by atomic mass is 32.2. The van der Waals surface area contributed by atoms with Crippen LogP contribution in [0.1, 0.15) is 11.3 Å². The molecule has 0 unspecified atom stereocenters. The molecule has 0 spiro atoms. The number of aromatic nitrogens is 5. The fourth-order valence-electron chi connectivity index (χ4n) is 3.50. The van der Waals surface area contributed by atoms with Crippen molar-refractivity contribution in [2.24, 2.45) is 0 Å². The molecular formula is C23H19FN6S. The van der Waals surface area contributed by atoms with Gasteiger partial charge in [-0.05, 0) is 30.7 Å². The number of halogens is 1. The van der Waals surface area contributed by atoms with Crippen molar-refractivity contribution in [3.8, 4) is 22.6 Å². The first kappa shape index (κ1) is 19.3. The molecule has 8 heteroatoms. The van der Waals surface area contributed by atoms with E-state index in [1.165, 1.54) is 22.5 Å². The second-order valence-corrected chi connectivity index (χ2v) is 8.09. The van der Waals surface area contributed by atoms with Gasteiger partial charge in [-0.25, -0.2) is 14.1 Å². The van der Waals surface area contributed by atoms with Gasteiger partial charge in [0.2, 0.25) is 5.16 Å². The number of nitrogens with two attached hydrogens (primary N) is 1. The van der Waals surface area contributed by atoms with Crippen molar-refractivity contribution in [2.75, 3.05) is 5.84 Å². The molecule has 0 fully saturated rings. The molecule has 0 saturated carbocycles. The Labute approximate surface area is 182 Å². The van der Waals surface area contributed by atoms with Gasteiger partial charge in [0.1, 0.15) is 11.5 Å². The molecule has 3 aromatic heterocycles. The van der Waals surface area contributed by atoms with Crippen LogP contribution in [0, 0.1) is 12.7 Å². The van der Waals surface area contributed by atoms with Gasteiger partial charge >= 0.3 is 0 Å². The highest BCUT2D eigenvalue weighted by molar-refractivity contribution is 7.98. The number of benzene rings is 2. The summed E-state index contributed by atoms with van der Waals surface area (Å²) in [6.45, 7) is 2.05. The molecule has 154 valence electrons. The highest BCUT2D eigenvalue weighted by Crippen LogP contribution is 2.31. The molecule has 0 atom stereocenters. The monoisotopic (exact) mass is 430 g/mol. The zero-order valence-corrected chi connectivity index (χ0v) is 17.6. The third-order valence-corrected chi connectivity index (χ3v) is 5.98. The first-order valence-corrected chi connectivity index (χ1v) is 10.7. The van der Waals surface area contributed by atoms with Crippen LogP contribution < -0.4 is 5.84 Å². The molecule has 0 aliphatic rings. The summed E-state index contributed by atoms with van der Waals surface area (Å²) in [5.74, 6) is 6.68. The smallest absolute Gasteiger partial charge is 0.210 e. The topological polar surface area (TPSA) is 74.0 Å². The van der Waals surface area contributed by atoms with Gasteiger partial charge in [0.05, 0.1) is 17.0 Å². The molecule has 3 heterocycles. The van der Waals surface area contributed by atoms with Crippen molar-refractivity contribution in [1.29, 1.82) is 0 Å². The summed E-state index contributed by atoms with van der Waals surface area (Å²) in [5.41, 5.74) is 5.32. The van der Waals surface area contributed by atoms with Crippen LogP contribution in [0.25, 0.3) is 28.3 Å². The van der Waals surface area contributed by atoms with Crippen LogP contribution in [-0.4, -0.2) is 24.3 Å². The maximum Gasteiger partial charge on any atom is 0.210 e. The number of aryl methyl sites for hydroxylation is 1. The van der Waals surface area contributed by atoms with E-state index in [1.54, 1.807) is 18.2 Å². The van der Waals surface area contributed by atoms with E-state index in [-0.39, 0.29) is 11.6 Å². The number of imidazole rings is 1. The predicted molar refractivity (Wildman–Crippen MR) is 120 cm³/mol. The summed E-state index contributed by atoms with van der Waals surface area (Å²) in [5, 5.41) is 8.80. The van der Waals surface area contributed by atoms with E-state index in [2.05, 4.69) is 27.7 Å². The first-order valence-electron chi connectivity index (χ1n) is 9.73. The number of pyridine rings is 1. The summed E-state index contributed by atoms with van der Waals surface area (Å²) in [6, 6.07) is 20.5. The molecular weight excluding hydrogens is 411 g/mol. The van der Waals surface area contributed by atoms with Crippen LogP contribution in [0.4, 0.5) is 4.39 Å². The van der Waals surface area contributed by atoms with Gasteiger partial charge in [0.25, 0.3) is 0 Å². The quantitative estimate of drug-likeness (QED) is 0.323. The SMILES string of the molecule is Cc1ccc2nc(-c3ccccc3)c(CSc3nnc(-c4ccccc4F)n3N)n2c1. The van der Waals surface area contributed by atoms with E-state index < -0.39 is 0 Å². The Balaban J connectivity index is 1.52. The molecule has 5 rings (SSSR count). The number of hydrogen-bond donors (Lipinski definition) is 1. The second kappa shape index (κ2) is 7.88. The number of hydrogen-bond acceptors (Lipinski definition) is 5. The average Bonchev–Trinajstić information content (AvgIpc) is 3.33. The molecule has 0 radical (unpaired) electrons. The minimum atomic E-state index is -0.387. The van der Waals surface area contributed by atoms with Crippen molar-refractivity contribution in [1.82, 2.24) is 24.3 Å². The minimum absolute atomic E-state index is 0.290. The highest BCUT2D eigenvalue weighted by Gasteiger charge is 2.18. The number of nitrogens with zero attached hydrogens (tertiary/aromatic N) is 5. The zero-order chi connectivity index (χ0) is 21.4.